The molecule has 4 rings (SSSR count). The molecule has 2 heterocycles. The molecule has 9 heteroatoms. The van der Waals surface area contributed by atoms with Crippen LogP contribution >= 0.6 is 23.1 Å². The van der Waals surface area contributed by atoms with Crippen LogP contribution in [-0.4, -0.2) is 31.8 Å². The molecule has 7 nitrogen and oxygen atoms in total. The summed E-state index contributed by atoms with van der Waals surface area (Å²) in [6.45, 7) is 2.18. The number of benzene rings is 2. The number of amides is 2. The molecule has 31 heavy (non-hydrogen) atoms. The molecule has 0 saturated heterocycles. The van der Waals surface area contributed by atoms with Crippen molar-refractivity contribution >= 4 is 51.4 Å². The third kappa shape index (κ3) is 4.78. The highest BCUT2D eigenvalue weighted by Gasteiger charge is 2.22. The summed E-state index contributed by atoms with van der Waals surface area (Å²) >= 11 is 2.84. The van der Waals surface area contributed by atoms with Crippen molar-refractivity contribution in [3.63, 3.8) is 0 Å². The number of carbonyl (C=O) groups is 2. The SMILES string of the molecule is CC(Sc1nnc(-c2cccs2)n1CCC(N)=O)C(=O)Nc1cccc2ccccc12. The Balaban J connectivity index is 1.54. The summed E-state index contributed by atoms with van der Waals surface area (Å²) in [7, 11) is 0. The Hall–Kier alpha value is -3.17. The van der Waals surface area contributed by atoms with Crippen LogP contribution in [0, 0.1) is 0 Å². The van der Waals surface area contributed by atoms with Gasteiger partial charge in [0.1, 0.15) is 0 Å². The van der Waals surface area contributed by atoms with Crippen LogP contribution in [0.5, 0.6) is 0 Å². The maximum Gasteiger partial charge on any atom is 0.237 e. The molecule has 3 N–H and O–H groups in total. The van der Waals surface area contributed by atoms with Gasteiger partial charge in [-0.2, -0.15) is 0 Å². The van der Waals surface area contributed by atoms with E-state index in [0.29, 0.717) is 17.5 Å². The average molecular weight is 452 g/mol. The minimum absolute atomic E-state index is 0.136. The molecule has 0 aliphatic carbocycles. The third-order valence-corrected chi connectivity index (χ3v) is 6.69. The molecular weight excluding hydrogens is 430 g/mol. The Morgan fingerprint density at radius 1 is 1.13 bits per heavy atom. The van der Waals surface area contributed by atoms with Crippen molar-refractivity contribution in [2.24, 2.45) is 5.73 Å². The van der Waals surface area contributed by atoms with Crippen LogP contribution in [0.25, 0.3) is 21.5 Å². The molecule has 0 aliphatic rings. The van der Waals surface area contributed by atoms with E-state index in [9.17, 15) is 9.59 Å². The van der Waals surface area contributed by atoms with Crippen LogP contribution in [-0.2, 0) is 16.1 Å². The first-order chi connectivity index (χ1) is 15.0. The van der Waals surface area contributed by atoms with Gasteiger partial charge < -0.3 is 15.6 Å². The topological polar surface area (TPSA) is 103 Å². The van der Waals surface area contributed by atoms with Gasteiger partial charge in [-0.25, -0.2) is 0 Å². The lowest BCUT2D eigenvalue weighted by Crippen LogP contribution is -2.23. The van der Waals surface area contributed by atoms with Crippen LogP contribution in [0.4, 0.5) is 5.69 Å². The van der Waals surface area contributed by atoms with Crippen molar-refractivity contribution in [3.05, 3.63) is 60.0 Å². The van der Waals surface area contributed by atoms with Crippen LogP contribution in [0.3, 0.4) is 0 Å². The van der Waals surface area contributed by atoms with E-state index in [0.717, 1.165) is 21.3 Å². The monoisotopic (exact) mass is 451 g/mol. The molecular formula is C22H21N5O2S2. The van der Waals surface area contributed by atoms with Crippen molar-refractivity contribution in [2.75, 3.05) is 5.32 Å². The number of thiophene rings is 1. The standard InChI is InChI=1S/C22H21N5O2S2/c1-14(21(29)24-17-9-4-7-15-6-2-3-8-16(15)17)31-22-26-25-20(18-10-5-13-30-18)27(22)12-11-19(23)28/h2-10,13-14H,11-12H2,1H3,(H2,23,28)(H,24,29). The number of rotatable bonds is 8. The Bertz CT molecular complexity index is 1210. The molecule has 0 aliphatic heterocycles. The molecule has 0 saturated carbocycles. The smallest absolute Gasteiger partial charge is 0.237 e. The number of carbonyl (C=O) groups excluding carboxylic acids is 2. The molecule has 0 radical (unpaired) electrons. The number of hydrogen-bond acceptors (Lipinski definition) is 6. The molecule has 2 amide bonds. The molecule has 0 fully saturated rings. The van der Waals surface area contributed by atoms with Crippen molar-refractivity contribution in [1.82, 2.24) is 14.8 Å². The maximum absolute atomic E-state index is 12.9. The number of anilines is 1. The first-order valence-corrected chi connectivity index (χ1v) is 11.5. The molecule has 1 atom stereocenters. The molecule has 2 aromatic heterocycles. The van der Waals surface area contributed by atoms with E-state index >= 15 is 0 Å². The third-order valence-electron chi connectivity index (χ3n) is 4.74. The summed E-state index contributed by atoms with van der Waals surface area (Å²) < 4.78 is 1.85. The fourth-order valence-electron chi connectivity index (χ4n) is 3.17. The Labute approximate surface area is 187 Å². The predicted octanol–water partition coefficient (Wildman–Crippen LogP) is 4.15. The number of nitrogens with one attached hydrogen (secondary N) is 1. The number of nitrogens with zero attached hydrogens (tertiary/aromatic N) is 3. The van der Waals surface area contributed by atoms with Gasteiger partial charge in [-0.15, -0.1) is 21.5 Å². The summed E-state index contributed by atoms with van der Waals surface area (Å²) in [6, 6.07) is 17.6. The number of thioether (sulfide) groups is 1. The molecule has 0 spiro atoms. The fourth-order valence-corrected chi connectivity index (χ4v) is 4.76. The van der Waals surface area contributed by atoms with Gasteiger partial charge >= 0.3 is 0 Å². The largest absolute Gasteiger partial charge is 0.370 e. The summed E-state index contributed by atoms with van der Waals surface area (Å²) in [5, 5.41) is 15.7. The van der Waals surface area contributed by atoms with E-state index in [1.165, 1.54) is 23.1 Å². The first kappa shape index (κ1) is 21.1. The van der Waals surface area contributed by atoms with Crippen LogP contribution in [0.1, 0.15) is 13.3 Å². The normalized spacial score (nSPS) is 12.0. The molecule has 0 bridgehead atoms. The number of aromatic nitrogens is 3. The highest BCUT2D eigenvalue weighted by atomic mass is 32.2. The summed E-state index contributed by atoms with van der Waals surface area (Å²) in [5.41, 5.74) is 6.12. The van der Waals surface area contributed by atoms with Gasteiger partial charge in [0.2, 0.25) is 11.8 Å². The van der Waals surface area contributed by atoms with Crippen molar-refractivity contribution in [1.29, 1.82) is 0 Å². The van der Waals surface area contributed by atoms with E-state index in [2.05, 4.69) is 15.5 Å². The van der Waals surface area contributed by atoms with Gasteiger partial charge in [0.25, 0.3) is 0 Å². The van der Waals surface area contributed by atoms with E-state index in [1.807, 2.05) is 71.5 Å². The highest BCUT2D eigenvalue weighted by Crippen LogP contribution is 2.30. The van der Waals surface area contributed by atoms with Gasteiger partial charge in [-0.1, -0.05) is 54.2 Å². The first-order valence-electron chi connectivity index (χ1n) is 9.73. The van der Waals surface area contributed by atoms with Gasteiger partial charge in [-0.05, 0) is 29.8 Å². The number of fused-ring (bicyclic) bond motifs is 1. The lowest BCUT2D eigenvalue weighted by molar-refractivity contribution is -0.118. The van der Waals surface area contributed by atoms with Gasteiger partial charge in [0.05, 0.1) is 10.1 Å². The van der Waals surface area contributed by atoms with E-state index in [4.69, 9.17) is 5.73 Å². The molecule has 2 aromatic carbocycles. The van der Waals surface area contributed by atoms with E-state index < -0.39 is 11.2 Å². The fraction of sp³-hybridized carbons (Fsp3) is 0.182. The van der Waals surface area contributed by atoms with Crippen molar-refractivity contribution in [2.45, 2.75) is 30.3 Å². The number of hydrogen-bond donors (Lipinski definition) is 2. The van der Waals surface area contributed by atoms with Gasteiger partial charge in [-0.3, -0.25) is 9.59 Å². The van der Waals surface area contributed by atoms with Crippen molar-refractivity contribution in [3.8, 4) is 10.7 Å². The lowest BCUT2D eigenvalue weighted by atomic mass is 10.1. The predicted molar refractivity (Wildman–Crippen MR) is 125 cm³/mol. The van der Waals surface area contributed by atoms with Crippen LogP contribution in [0.2, 0.25) is 0 Å². The summed E-state index contributed by atoms with van der Waals surface area (Å²) in [6.07, 6.45) is 0.167. The highest BCUT2D eigenvalue weighted by molar-refractivity contribution is 8.00. The Morgan fingerprint density at radius 2 is 1.94 bits per heavy atom. The van der Waals surface area contributed by atoms with E-state index in [1.54, 1.807) is 0 Å². The minimum Gasteiger partial charge on any atom is -0.370 e. The zero-order valence-electron chi connectivity index (χ0n) is 16.8. The van der Waals surface area contributed by atoms with Crippen LogP contribution in [0.15, 0.2) is 65.1 Å². The molecule has 4 aromatic rings. The summed E-state index contributed by atoms with van der Waals surface area (Å²) in [5.74, 6) is 0.132. The Kier molecular flexibility index (Phi) is 6.34. The second kappa shape index (κ2) is 9.32. The molecule has 158 valence electrons. The maximum atomic E-state index is 12.9. The quantitative estimate of drug-likeness (QED) is 0.392. The lowest BCUT2D eigenvalue weighted by Gasteiger charge is -2.14. The second-order valence-electron chi connectivity index (χ2n) is 6.93. The van der Waals surface area contributed by atoms with Crippen molar-refractivity contribution < 1.29 is 9.59 Å². The number of primary amides is 1. The van der Waals surface area contributed by atoms with Gasteiger partial charge in [0.15, 0.2) is 11.0 Å². The van der Waals surface area contributed by atoms with Crippen LogP contribution < -0.4 is 11.1 Å². The number of nitrogens with two attached hydrogens (primary N) is 1. The summed E-state index contributed by atoms with van der Waals surface area (Å²) in [4.78, 5) is 25.2. The van der Waals surface area contributed by atoms with E-state index in [-0.39, 0.29) is 12.3 Å². The molecule has 1 unspecified atom stereocenters. The van der Waals surface area contributed by atoms with Gasteiger partial charge in [0, 0.05) is 24.0 Å². The average Bonchev–Trinajstić information content (AvgIpc) is 3.42. The zero-order valence-corrected chi connectivity index (χ0v) is 18.5. The Morgan fingerprint density at radius 3 is 2.71 bits per heavy atom. The second-order valence-corrected chi connectivity index (χ2v) is 9.18. The minimum atomic E-state index is -0.424. The zero-order chi connectivity index (χ0) is 21.8.